The van der Waals surface area contributed by atoms with E-state index in [0.29, 0.717) is 11.1 Å². The van der Waals surface area contributed by atoms with Crippen molar-refractivity contribution in [1.29, 1.82) is 0 Å². The maximum Gasteiger partial charge on any atom is 0.331 e. The number of carbonyl (C=O) groups is 6. The van der Waals surface area contributed by atoms with Crippen molar-refractivity contribution in [2.45, 2.75) is 92.1 Å². The van der Waals surface area contributed by atoms with E-state index in [0.717, 1.165) is 5.56 Å². The average Bonchev–Trinajstić information content (AvgIpc) is 2.94. The number of Topliss-reactive ketones (excluding diaryl/α,β-unsaturated/α-hetero) is 2. The molecule has 0 amide bonds. The van der Waals surface area contributed by atoms with E-state index in [1.54, 1.807) is 39.8 Å². The van der Waals surface area contributed by atoms with Gasteiger partial charge in [-0.2, -0.15) is 0 Å². The number of fused-ring (bicyclic) bond motifs is 4. The zero-order valence-corrected chi connectivity index (χ0v) is 26.7. The first-order valence-corrected chi connectivity index (χ1v) is 15.0. The van der Waals surface area contributed by atoms with Gasteiger partial charge >= 0.3 is 23.9 Å². The van der Waals surface area contributed by atoms with E-state index in [2.05, 4.69) is 0 Å². The number of rotatable bonds is 6. The normalized spacial score (nSPS) is 30.6. The van der Waals surface area contributed by atoms with Gasteiger partial charge in [0, 0.05) is 50.2 Å². The molecule has 0 aliphatic heterocycles. The molecule has 45 heavy (non-hydrogen) atoms. The number of carbonyl (C=O) groups excluding carboxylic acids is 6. The first-order chi connectivity index (χ1) is 21.0. The number of hydrogen-bond donors (Lipinski definition) is 0. The van der Waals surface area contributed by atoms with Crippen LogP contribution in [0.2, 0.25) is 0 Å². The van der Waals surface area contributed by atoms with Gasteiger partial charge in [-0.15, -0.1) is 0 Å². The van der Waals surface area contributed by atoms with Crippen LogP contribution < -0.4 is 0 Å². The molecule has 1 fully saturated rings. The van der Waals surface area contributed by atoms with Gasteiger partial charge in [-0.1, -0.05) is 44.2 Å². The van der Waals surface area contributed by atoms with Gasteiger partial charge in [0.05, 0.1) is 5.41 Å². The Bertz CT molecular complexity index is 1500. The van der Waals surface area contributed by atoms with Crippen molar-refractivity contribution in [1.82, 2.24) is 0 Å². The third-order valence-corrected chi connectivity index (χ3v) is 9.16. The van der Waals surface area contributed by atoms with Crippen molar-refractivity contribution >= 4 is 41.5 Å². The van der Waals surface area contributed by atoms with Crippen LogP contribution in [0.3, 0.4) is 0 Å². The third-order valence-electron chi connectivity index (χ3n) is 9.16. The molecule has 3 aliphatic carbocycles. The molecule has 10 heteroatoms. The van der Waals surface area contributed by atoms with E-state index in [1.807, 2.05) is 30.3 Å². The van der Waals surface area contributed by atoms with Gasteiger partial charge in [-0.25, -0.2) is 4.79 Å². The number of hydrogen-bond acceptors (Lipinski definition) is 10. The minimum atomic E-state index is -1.54. The molecule has 0 aromatic heterocycles. The van der Waals surface area contributed by atoms with Crippen LogP contribution in [-0.4, -0.2) is 59.9 Å². The fourth-order valence-electron chi connectivity index (χ4n) is 6.98. The molecule has 6 atom stereocenters. The topological polar surface area (TPSA) is 139 Å². The van der Waals surface area contributed by atoms with Crippen molar-refractivity contribution in [2.24, 2.45) is 16.7 Å². The number of benzene rings is 1. The van der Waals surface area contributed by atoms with E-state index in [-0.39, 0.29) is 24.8 Å². The van der Waals surface area contributed by atoms with Crippen LogP contribution in [0, 0.1) is 16.7 Å². The van der Waals surface area contributed by atoms with Crippen LogP contribution in [0.15, 0.2) is 59.2 Å². The molecule has 1 aromatic rings. The van der Waals surface area contributed by atoms with E-state index in [4.69, 9.17) is 18.9 Å². The highest BCUT2D eigenvalue weighted by molar-refractivity contribution is 6.45. The van der Waals surface area contributed by atoms with Crippen molar-refractivity contribution in [2.75, 3.05) is 0 Å². The number of ketones is 2. The van der Waals surface area contributed by atoms with Gasteiger partial charge in [-0.05, 0) is 55.6 Å². The lowest BCUT2D eigenvalue weighted by molar-refractivity contribution is -0.168. The summed E-state index contributed by atoms with van der Waals surface area (Å²) in [5.41, 5.74) is -0.717. The van der Waals surface area contributed by atoms with Crippen LogP contribution in [-0.2, 0) is 47.7 Å². The highest BCUT2D eigenvalue weighted by atomic mass is 16.6. The highest BCUT2D eigenvalue weighted by Gasteiger charge is 2.57. The van der Waals surface area contributed by atoms with Gasteiger partial charge in [-0.3, -0.25) is 24.0 Å². The Balaban J connectivity index is 1.88. The molecule has 0 radical (unpaired) electrons. The van der Waals surface area contributed by atoms with Gasteiger partial charge in [0.1, 0.15) is 24.4 Å². The summed E-state index contributed by atoms with van der Waals surface area (Å²) >= 11 is 0. The molecule has 0 spiro atoms. The summed E-state index contributed by atoms with van der Waals surface area (Å²) in [5.74, 6) is -4.65. The van der Waals surface area contributed by atoms with Crippen molar-refractivity contribution in [3.63, 3.8) is 0 Å². The summed E-state index contributed by atoms with van der Waals surface area (Å²) in [6.07, 6.45) is 0.701. The number of esters is 4. The lowest BCUT2D eigenvalue weighted by Gasteiger charge is -2.49. The van der Waals surface area contributed by atoms with Crippen LogP contribution >= 0.6 is 0 Å². The van der Waals surface area contributed by atoms with Crippen molar-refractivity contribution in [3.8, 4) is 0 Å². The fraction of sp³-hybridized carbons (Fsp3) is 0.486. The van der Waals surface area contributed by atoms with Gasteiger partial charge in [0.15, 0.2) is 0 Å². The maximum absolute atomic E-state index is 14.3. The standard InChI is InChI=1S/C35H40O10/c1-19-26(42-20(2)36)16-25-28(43-21(3)37)15-24-18-35(7,33(41)32(40)31(19)34(25,5)6)29(44-22(4)38)17-27(24)45-30(39)14-13-23-11-9-8-10-12-23/h8-15,25-29H,16-18H2,1-7H3/b14-13+,24-15+/t25-,26-,27-,28+,29-,35-/m0/s1. The molecule has 10 nitrogen and oxygen atoms in total. The molecule has 4 bridgehead atoms. The second kappa shape index (κ2) is 12.9. The molecule has 0 saturated heterocycles. The first-order valence-electron chi connectivity index (χ1n) is 15.0. The van der Waals surface area contributed by atoms with E-state index in [9.17, 15) is 28.8 Å². The maximum atomic E-state index is 14.3. The molecule has 1 saturated carbocycles. The highest BCUT2D eigenvalue weighted by Crippen LogP contribution is 2.52. The second-order valence-electron chi connectivity index (χ2n) is 12.8. The largest absolute Gasteiger partial charge is 0.461 e. The van der Waals surface area contributed by atoms with Crippen LogP contribution in [0.25, 0.3) is 6.08 Å². The molecule has 3 aliphatic rings. The summed E-state index contributed by atoms with van der Waals surface area (Å²) in [6.45, 7) is 10.5. The Morgan fingerprint density at radius 2 is 1.44 bits per heavy atom. The van der Waals surface area contributed by atoms with E-state index < -0.39 is 76.6 Å². The minimum absolute atomic E-state index is 0.0964. The number of ether oxygens (including phenoxy) is 4. The Morgan fingerprint density at radius 1 is 0.822 bits per heavy atom. The SMILES string of the molecule is CC(=O)O[C@H]1C[C@H]2[C@H](OC(C)=O)/C=C3\C[C@](C)(C(=O)C(=O)C(=C1C)C2(C)C)[C@@H](OC(C)=O)C[C@@H]3OC(=O)/C=C/c1ccccc1. The average molecular weight is 621 g/mol. The lowest BCUT2D eigenvalue weighted by atomic mass is 9.57. The van der Waals surface area contributed by atoms with Crippen molar-refractivity contribution < 1.29 is 47.7 Å². The van der Waals surface area contributed by atoms with Crippen LogP contribution in [0.4, 0.5) is 0 Å². The fourth-order valence-corrected chi connectivity index (χ4v) is 6.98. The van der Waals surface area contributed by atoms with E-state index >= 15 is 0 Å². The first kappa shape index (κ1) is 33.6. The van der Waals surface area contributed by atoms with Gasteiger partial charge in [0.2, 0.25) is 11.6 Å². The molecule has 1 aromatic carbocycles. The molecule has 240 valence electrons. The van der Waals surface area contributed by atoms with E-state index in [1.165, 1.54) is 26.8 Å². The summed E-state index contributed by atoms with van der Waals surface area (Å²) < 4.78 is 23.0. The van der Waals surface area contributed by atoms with Crippen molar-refractivity contribution in [3.05, 3.63) is 64.8 Å². The molecule has 4 rings (SSSR count). The molecule has 0 N–H and O–H groups in total. The quantitative estimate of drug-likeness (QED) is 0.145. The predicted octanol–water partition coefficient (Wildman–Crippen LogP) is 4.65. The molecule has 0 heterocycles. The van der Waals surface area contributed by atoms with Crippen LogP contribution in [0.5, 0.6) is 0 Å². The zero-order chi connectivity index (χ0) is 33.3. The molecular formula is C35H40O10. The number of allylic oxidation sites excluding steroid dienone is 1. The summed E-state index contributed by atoms with van der Waals surface area (Å²) in [7, 11) is 0. The minimum Gasteiger partial charge on any atom is -0.461 e. The molecule has 0 unspecified atom stereocenters. The Hall–Kier alpha value is -4.34. The Labute approximate surface area is 262 Å². The van der Waals surface area contributed by atoms with Gasteiger partial charge < -0.3 is 18.9 Å². The predicted molar refractivity (Wildman–Crippen MR) is 162 cm³/mol. The zero-order valence-electron chi connectivity index (χ0n) is 26.7. The summed E-state index contributed by atoms with van der Waals surface area (Å²) in [5, 5.41) is 0. The van der Waals surface area contributed by atoms with Crippen LogP contribution in [0.1, 0.15) is 73.3 Å². The summed E-state index contributed by atoms with van der Waals surface area (Å²) in [4.78, 5) is 78.4. The smallest absolute Gasteiger partial charge is 0.331 e. The lowest BCUT2D eigenvalue weighted by Crippen LogP contribution is -2.55. The Kier molecular flexibility index (Phi) is 9.65. The molecular weight excluding hydrogens is 580 g/mol. The monoisotopic (exact) mass is 620 g/mol. The second-order valence-corrected chi connectivity index (χ2v) is 12.8. The summed E-state index contributed by atoms with van der Waals surface area (Å²) in [6, 6.07) is 9.15. The Morgan fingerprint density at radius 3 is 2.04 bits per heavy atom. The third kappa shape index (κ3) is 7.00. The van der Waals surface area contributed by atoms with Gasteiger partial charge in [0.25, 0.3) is 0 Å².